The van der Waals surface area contributed by atoms with Gasteiger partial charge in [0.15, 0.2) is 0 Å². The molecule has 0 aliphatic rings. The molecular formula is C10H17N5O3. The van der Waals surface area contributed by atoms with Gasteiger partial charge >= 0.3 is 5.69 Å². The van der Waals surface area contributed by atoms with Crippen LogP contribution in [0.5, 0.6) is 0 Å². The van der Waals surface area contributed by atoms with Gasteiger partial charge in [-0.25, -0.2) is 9.97 Å². The largest absolute Gasteiger partial charge is 0.396 e. The highest BCUT2D eigenvalue weighted by atomic mass is 16.6. The van der Waals surface area contributed by atoms with Gasteiger partial charge in [-0.2, -0.15) is 0 Å². The maximum atomic E-state index is 11.0. The number of hydrogen-bond donors (Lipinski definition) is 3. The second-order valence-corrected chi connectivity index (χ2v) is 3.61. The first-order valence-electron chi connectivity index (χ1n) is 5.78. The SMILES string of the molecule is CCCNc1ncnc(NCCCO)c1[N+](=O)[O-]. The molecule has 0 saturated carbocycles. The lowest BCUT2D eigenvalue weighted by molar-refractivity contribution is -0.383. The number of nitrogens with zero attached hydrogens (tertiary/aromatic N) is 3. The van der Waals surface area contributed by atoms with Crippen molar-refractivity contribution in [2.24, 2.45) is 0 Å². The molecule has 0 amide bonds. The highest BCUT2D eigenvalue weighted by Crippen LogP contribution is 2.28. The van der Waals surface area contributed by atoms with Crippen LogP contribution < -0.4 is 10.6 Å². The van der Waals surface area contributed by atoms with Gasteiger partial charge in [-0.1, -0.05) is 6.92 Å². The average molecular weight is 255 g/mol. The van der Waals surface area contributed by atoms with E-state index >= 15 is 0 Å². The summed E-state index contributed by atoms with van der Waals surface area (Å²) in [5, 5.41) is 25.4. The van der Waals surface area contributed by atoms with Gasteiger partial charge < -0.3 is 15.7 Å². The molecule has 8 nitrogen and oxygen atoms in total. The summed E-state index contributed by atoms with van der Waals surface area (Å²) in [4.78, 5) is 18.2. The Labute approximate surface area is 105 Å². The molecule has 0 radical (unpaired) electrons. The molecule has 0 bridgehead atoms. The molecule has 0 spiro atoms. The zero-order valence-electron chi connectivity index (χ0n) is 10.2. The quantitative estimate of drug-likeness (QED) is 0.360. The fraction of sp³-hybridized carbons (Fsp3) is 0.600. The topological polar surface area (TPSA) is 113 Å². The first kappa shape index (κ1) is 14.1. The number of aliphatic hydroxyl groups is 1. The molecule has 8 heteroatoms. The molecule has 0 unspecified atom stereocenters. The van der Waals surface area contributed by atoms with E-state index in [1.54, 1.807) is 0 Å². The van der Waals surface area contributed by atoms with Crippen molar-refractivity contribution < 1.29 is 10.0 Å². The van der Waals surface area contributed by atoms with E-state index in [4.69, 9.17) is 5.11 Å². The number of rotatable bonds is 8. The zero-order chi connectivity index (χ0) is 13.4. The predicted molar refractivity (Wildman–Crippen MR) is 67.7 cm³/mol. The van der Waals surface area contributed by atoms with Crippen molar-refractivity contribution in [2.75, 3.05) is 30.3 Å². The molecule has 0 aliphatic heterocycles. The van der Waals surface area contributed by atoms with Crippen molar-refractivity contribution in [1.82, 2.24) is 9.97 Å². The van der Waals surface area contributed by atoms with Crippen LogP contribution in [0.15, 0.2) is 6.33 Å². The number of nitro groups is 1. The van der Waals surface area contributed by atoms with Crippen LogP contribution in [0.25, 0.3) is 0 Å². The number of hydrogen-bond acceptors (Lipinski definition) is 7. The Morgan fingerprint density at radius 2 is 1.94 bits per heavy atom. The lowest BCUT2D eigenvalue weighted by Gasteiger charge is -2.08. The van der Waals surface area contributed by atoms with Crippen LogP contribution in [0, 0.1) is 10.1 Å². The van der Waals surface area contributed by atoms with E-state index in [0.717, 1.165) is 6.42 Å². The molecule has 3 N–H and O–H groups in total. The molecule has 0 aliphatic carbocycles. The van der Waals surface area contributed by atoms with Crippen LogP contribution >= 0.6 is 0 Å². The number of aliphatic hydroxyl groups excluding tert-OH is 1. The van der Waals surface area contributed by atoms with E-state index in [1.807, 2.05) is 6.92 Å². The van der Waals surface area contributed by atoms with Crippen LogP contribution in [-0.4, -0.2) is 39.7 Å². The molecule has 1 aromatic heterocycles. The van der Waals surface area contributed by atoms with Gasteiger partial charge in [0.25, 0.3) is 0 Å². The molecule has 1 aromatic rings. The Hall–Kier alpha value is -1.96. The Bertz CT molecular complexity index is 399. The minimum atomic E-state index is -0.515. The predicted octanol–water partition coefficient (Wildman–Crippen LogP) is 1.00. The third kappa shape index (κ3) is 3.81. The minimum Gasteiger partial charge on any atom is -0.396 e. The van der Waals surface area contributed by atoms with Gasteiger partial charge in [-0.15, -0.1) is 0 Å². The fourth-order valence-corrected chi connectivity index (χ4v) is 1.34. The molecule has 100 valence electrons. The molecule has 0 aromatic carbocycles. The normalized spacial score (nSPS) is 10.1. The lowest BCUT2D eigenvalue weighted by Crippen LogP contribution is -2.11. The van der Waals surface area contributed by atoms with Crippen molar-refractivity contribution in [1.29, 1.82) is 0 Å². The number of anilines is 2. The highest BCUT2D eigenvalue weighted by molar-refractivity contribution is 5.69. The fourth-order valence-electron chi connectivity index (χ4n) is 1.34. The second-order valence-electron chi connectivity index (χ2n) is 3.61. The van der Waals surface area contributed by atoms with Crippen LogP contribution in [0.4, 0.5) is 17.3 Å². The van der Waals surface area contributed by atoms with E-state index in [2.05, 4.69) is 20.6 Å². The molecule has 1 heterocycles. The highest BCUT2D eigenvalue weighted by Gasteiger charge is 2.22. The molecule has 0 atom stereocenters. The van der Waals surface area contributed by atoms with Crippen molar-refractivity contribution in [3.8, 4) is 0 Å². The first-order chi connectivity index (χ1) is 8.70. The molecular weight excluding hydrogens is 238 g/mol. The summed E-state index contributed by atoms with van der Waals surface area (Å²) in [6, 6.07) is 0. The van der Waals surface area contributed by atoms with Crippen molar-refractivity contribution in [3.63, 3.8) is 0 Å². The first-order valence-corrected chi connectivity index (χ1v) is 5.78. The summed E-state index contributed by atoms with van der Waals surface area (Å²) in [6.45, 7) is 3.00. The van der Waals surface area contributed by atoms with Gasteiger partial charge in [0.2, 0.25) is 11.6 Å². The van der Waals surface area contributed by atoms with Gasteiger partial charge in [0.1, 0.15) is 6.33 Å². The Morgan fingerprint density at radius 3 is 2.44 bits per heavy atom. The summed E-state index contributed by atoms with van der Waals surface area (Å²) in [5.41, 5.74) is -0.163. The van der Waals surface area contributed by atoms with Crippen LogP contribution in [0.3, 0.4) is 0 Å². The van der Waals surface area contributed by atoms with E-state index < -0.39 is 4.92 Å². The van der Waals surface area contributed by atoms with E-state index in [1.165, 1.54) is 6.33 Å². The van der Waals surface area contributed by atoms with Gasteiger partial charge in [0.05, 0.1) is 4.92 Å². The molecule has 0 saturated heterocycles. The van der Waals surface area contributed by atoms with Crippen LogP contribution in [0.1, 0.15) is 19.8 Å². The maximum absolute atomic E-state index is 11.0. The number of aromatic nitrogens is 2. The second kappa shape index (κ2) is 7.38. The Balaban J connectivity index is 2.90. The maximum Gasteiger partial charge on any atom is 0.353 e. The smallest absolute Gasteiger partial charge is 0.353 e. The molecule has 1 rings (SSSR count). The third-order valence-corrected chi connectivity index (χ3v) is 2.17. The third-order valence-electron chi connectivity index (χ3n) is 2.17. The van der Waals surface area contributed by atoms with Gasteiger partial charge in [-0.05, 0) is 12.8 Å². The van der Waals surface area contributed by atoms with Crippen molar-refractivity contribution in [2.45, 2.75) is 19.8 Å². The molecule has 18 heavy (non-hydrogen) atoms. The van der Waals surface area contributed by atoms with Crippen LogP contribution in [-0.2, 0) is 0 Å². The minimum absolute atomic E-state index is 0.0207. The van der Waals surface area contributed by atoms with Gasteiger partial charge in [-0.3, -0.25) is 10.1 Å². The summed E-state index contributed by atoms with van der Waals surface area (Å²) >= 11 is 0. The molecule has 0 fully saturated rings. The van der Waals surface area contributed by atoms with Crippen LogP contribution in [0.2, 0.25) is 0 Å². The summed E-state index contributed by atoms with van der Waals surface area (Å²) in [6.07, 6.45) is 2.61. The average Bonchev–Trinajstić information content (AvgIpc) is 2.36. The monoisotopic (exact) mass is 255 g/mol. The van der Waals surface area contributed by atoms with E-state index in [-0.39, 0.29) is 23.9 Å². The standard InChI is InChI=1S/C10H17N5O3/c1-2-4-11-9-8(15(17)18)10(14-7-13-9)12-5-3-6-16/h7,16H,2-6H2,1H3,(H2,11,12,13,14). The summed E-state index contributed by atoms with van der Waals surface area (Å²) in [7, 11) is 0. The van der Waals surface area contributed by atoms with Crippen molar-refractivity contribution in [3.05, 3.63) is 16.4 Å². The summed E-state index contributed by atoms with van der Waals surface area (Å²) in [5.74, 6) is 0.380. The lowest BCUT2D eigenvalue weighted by atomic mass is 10.3. The zero-order valence-corrected chi connectivity index (χ0v) is 10.2. The Morgan fingerprint density at radius 1 is 1.33 bits per heavy atom. The van der Waals surface area contributed by atoms with Gasteiger partial charge in [0, 0.05) is 19.7 Å². The Kier molecular flexibility index (Phi) is 5.78. The van der Waals surface area contributed by atoms with Crippen molar-refractivity contribution >= 4 is 17.3 Å². The number of nitrogens with one attached hydrogen (secondary N) is 2. The van der Waals surface area contributed by atoms with E-state index in [9.17, 15) is 10.1 Å². The van der Waals surface area contributed by atoms with E-state index in [0.29, 0.717) is 19.5 Å². The summed E-state index contributed by atoms with van der Waals surface area (Å²) < 4.78 is 0.